The Morgan fingerprint density at radius 2 is 2.42 bits per heavy atom. The van der Waals surface area contributed by atoms with Crippen molar-refractivity contribution >= 4 is 18.2 Å². The van der Waals surface area contributed by atoms with Crippen molar-refractivity contribution in [3.05, 3.63) is 29.3 Å². The van der Waals surface area contributed by atoms with Gasteiger partial charge in [0.1, 0.15) is 0 Å². The summed E-state index contributed by atoms with van der Waals surface area (Å²) in [6, 6.07) is 6.35. The summed E-state index contributed by atoms with van der Waals surface area (Å²) in [6.07, 6.45) is 2.96. The van der Waals surface area contributed by atoms with Crippen LogP contribution in [0.4, 0.5) is 0 Å². The fourth-order valence-electron chi connectivity index (χ4n) is 1.30. The number of nitrogens with zero attached hydrogens (tertiary/aromatic N) is 1. The maximum absolute atomic E-state index is 4.02. The van der Waals surface area contributed by atoms with E-state index < -0.39 is 0 Å². The number of fused-ring (bicyclic) bond motifs is 1. The SMILES string of the molecule is CCc1cccc2c1C=NNS2. The van der Waals surface area contributed by atoms with Crippen molar-refractivity contribution in [2.24, 2.45) is 5.10 Å². The van der Waals surface area contributed by atoms with Crippen molar-refractivity contribution in [3.8, 4) is 0 Å². The lowest BCUT2D eigenvalue weighted by atomic mass is 10.1. The van der Waals surface area contributed by atoms with Gasteiger partial charge in [-0.3, -0.25) is 0 Å². The summed E-state index contributed by atoms with van der Waals surface area (Å²) >= 11 is 1.57. The van der Waals surface area contributed by atoms with E-state index in [1.165, 1.54) is 16.0 Å². The van der Waals surface area contributed by atoms with Gasteiger partial charge < -0.3 is 0 Å². The first-order valence-corrected chi connectivity index (χ1v) is 4.80. The molecule has 0 spiro atoms. The van der Waals surface area contributed by atoms with E-state index in [4.69, 9.17) is 0 Å². The molecule has 2 rings (SSSR count). The van der Waals surface area contributed by atoms with E-state index in [9.17, 15) is 0 Å². The average Bonchev–Trinajstić information content (AvgIpc) is 2.17. The third-order valence-corrected chi connectivity index (χ3v) is 2.71. The smallest absolute Gasteiger partial charge is 0.0565 e. The highest BCUT2D eigenvalue weighted by Gasteiger charge is 2.08. The molecule has 0 amide bonds. The third kappa shape index (κ3) is 1.20. The van der Waals surface area contributed by atoms with Gasteiger partial charge in [-0.1, -0.05) is 19.1 Å². The summed E-state index contributed by atoms with van der Waals surface area (Å²) in [4.78, 5) is 4.15. The van der Waals surface area contributed by atoms with Crippen LogP contribution in [0.1, 0.15) is 18.1 Å². The molecule has 0 unspecified atom stereocenters. The molecule has 0 aliphatic carbocycles. The Morgan fingerprint density at radius 1 is 1.50 bits per heavy atom. The van der Waals surface area contributed by atoms with Gasteiger partial charge in [-0.15, -0.1) is 0 Å². The molecule has 12 heavy (non-hydrogen) atoms. The van der Waals surface area contributed by atoms with E-state index in [0.717, 1.165) is 6.42 Å². The molecular formula is C9H10N2S. The van der Waals surface area contributed by atoms with Crippen molar-refractivity contribution < 1.29 is 0 Å². The minimum absolute atomic E-state index is 1.07. The van der Waals surface area contributed by atoms with Gasteiger partial charge in [0.15, 0.2) is 0 Å². The standard InChI is InChI=1S/C9H10N2S/c1-2-7-4-3-5-9-8(7)6-10-11-12-9/h3-6,11H,2H2,1H3. The van der Waals surface area contributed by atoms with Crippen LogP contribution in [0.25, 0.3) is 0 Å². The van der Waals surface area contributed by atoms with Crippen molar-refractivity contribution in [1.29, 1.82) is 0 Å². The van der Waals surface area contributed by atoms with Gasteiger partial charge in [0.05, 0.1) is 6.21 Å². The van der Waals surface area contributed by atoms with Crippen LogP contribution in [-0.2, 0) is 6.42 Å². The zero-order chi connectivity index (χ0) is 8.39. The molecule has 0 radical (unpaired) electrons. The molecule has 0 bridgehead atoms. The third-order valence-electron chi connectivity index (χ3n) is 1.94. The molecule has 62 valence electrons. The molecule has 1 N–H and O–H groups in total. The van der Waals surface area contributed by atoms with Crippen LogP contribution in [0.5, 0.6) is 0 Å². The quantitative estimate of drug-likeness (QED) is 0.667. The molecule has 1 aromatic carbocycles. The predicted octanol–water partition coefficient (Wildman–Crippen LogP) is 2.19. The minimum Gasteiger partial charge on any atom is -0.247 e. The normalized spacial score (nSPS) is 13.8. The van der Waals surface area contributed by atoms with E-state index in [2.05, 4.69) is 35.1 Å². The second-order valence-corrected chi connectivity index (χ2v) is 3.46. The monoisotopic (exact) mass is 178 g/mol. The Balaban J connectivity index is 2.54. The van der Waals surface area contributed by atoms with Gasteiger partial charge in [0.25, 0.3) is 0 Å². The summed E-state index contributed by atoms with van der Waals surface area (Å²) in [5.41, 5.74) is 2.63. The summed E-state index contributed by atoms with van der Waals surface area (Å²) in [5, 5.41) is 4.02. The highest BCUT2D eigenvalue weighted by atomic mass is 32.2. The summed E-state index contributed by atoms with van der Waals surface area (Å²) in [5.74, 6) is 0. The lowest BCUT2D eigenvalue weighted by molar-refractivity contribution is 1.07. The molecule has 2 nitrogen and oxygen atoms in total. The predicted molar refractivity (Wildman–Crippen MR) is 52.4 cm³/mol. The van der Waals surface area contributed by atoms with Crippen molar-refractivity contribution in [2.45, 2.75) is 18.2 Å². The second kappa shape index (κ2) is 3.19. The first kappa shape index (κ1) is 7.68. The first-order chi connectivity index (χ1) is 5.92. The van der Waals surface area contributed by atoms with Gasteiger partial charge >= 0.3 is 0 Å². The topological polar surface area (TPSA) is 24.4 Å². The number of aryl methyl sites for hydroxylation is 1. The molecule has 1 aromatic rings. The molecule has 0 saturated heterocycles. The van der Waals surface area contributed by atoms with Gasteiger partial charge in [-0.2, -0.15) is 5.10 Å². The first-order valence-electron chi connectivity index (χ1n) is 3.98. The van der Waals surface area contributed by atoms with Gasteiger partial charge in [0, 0.05) is 22.4 Å². The summed E-state index contributed by atoms with van der Waals surface area (Å²) < 4.78 is 0. The molecule has 0 fully saturated rings. The fourth-order valence-corrected chi connectivity index (χ4v) is 1.94. The molecule has 3 heteroatoms. The van der Waals surface area contributed by atoms with Crippen LogP contribution in [0.15, 0.2) is 28.2 Å². The van der Waals surface area contributed by atoms with E-state index in [-0.39, 0.29) is 0 Å². The van der Waals surface area contributed by atoms with Crippen molar-refractivity contribution in [1.82, 2.24) is 4.83 Å². The van der Waals surface area contributed by atoms with Crippen LogP contribution in [0, 0.1) is 0 Å². The largest absolute Gasteiger partial charge is 0.247 e. The molecular weight excluding hydrogens is 168 g/mol. The van der Waals surface area contributed by atoms with Crippen molar-refractivity contribution in [3.63, 3.8) is 0 Å². The minimum atomic E-state index is 1.07. The average molecular weight is 178 g/mol. The number of hydrogen-bond acceptors (Lipinski definition) is 3. The molecule has 0 aromatic heterocycles. The maximum atomic E-state index is 4.02. The summed E-state index contributed by atoms with van der Waals surface area (Å²) in [6.45, 7) is 2.16. The van der Waals surface area contributed by atoms with E-state index in [1.807, 2.05) is 6.21 Å². The Hall–Kier alpha value is -0.960. The molecule has 0 saturated carbocycles. The Bertz CT molecular complexity index is 320. The molecule has 1 heterocycles. The Morgan fingerprint density at radius 3 is 3.25 bits per heavy atom. The zero-order valence-electron chi connectivity index (χ0n) is 6.87. The highest BCUT2D eigenvalue weighted by Crippen LogP contribution is 2.24. The zero-order valence-corrected chi connectivity index (χ0v) is 7.69. The number of benzene rings is 1. The van der Waals surface area contributed by atoms with E-state index in [1.54, 1.807) is 11.9 Å². The van der Waals surface area contributed by atoms with E-state index >= 15 is 0 Å². The van der Waals surface area contributed by atoms with Gasteiger partial charge in [-0.25, -0.2) is 4.83 Å². The lowest BCUT2D eigenvalue weighted by Crippen LogP contribution is -2.05. The summed E-state index contributed by atoms with van der Waals surface area (Å²) in [7, 11) is 0. The lowest BCUT2D eigenvalue weighted by Gasteiger charge is -2.12. The number of nitrogens with one attached hydrogen (secondary N) is 1. The van der Waals surface area contributed by atoms with Crippen LogP contribution >= 0.6 is 11.9 Å². The van der Waals surface area contributed by atoms with Crippen LogP contribution in [-0.4, -0.2) is 6.21 Å². The molecule has 1 aliphatic heterocycles. The van der Waals surface area contributed by atoms with Gasteiger partial charge in [-0.05, 0) is 18.1 Å². The number of hydrogen-bond donors (Lipinski definition) is 1. The fraction of sp³-hybridized carbons (Fsp3) is 0.222. The number of rotatable bonds is 1. The van der Waals surface area contributed by atoms with Crippen LogP contribution < -0.4 is 4.83 Å². The second-order valence-electron chi connectivity index (χ2n) is 2.63. The molecule has 1 aliphatic rings. The van der Waals surface area contributed by atoms with E-state index in [0.29, 0.717) is 0 Å². The Labute approximate surface area is 76.2 Å². The van der Waals surface area contributed by atoms with Crippen LogP contribution in [0.3, 0.4) is 0 Å². The van der Waals surface area contributed by atoms with Gasteiger partial charge in [0.2, 0.25) is 0 Å². The maximum Gasteiger partial charge on any atom is 0.0565 e. The van der Waals surface area contributed by atoms with Crippen molar-refractivity contribution in [2.75, 3.05) is 0 Å². The van der Waals surface area contributed by atoms with Crippen LogP contribution in [0.2, 0.25) is 0 Å². The highest BCUT2D eigenvalue weighted by molar-refractivity contribution is 7.97. The molecule has 0 atom stereocenters. The Kier molecular flexibility index (Phi) is 2.04. The number of hydrazone groups is 1.